The molecule has 0 saturated heterocycles. The summed E-state index contributed by atoms with van der Waals surface area (Å²) in [5.74, 6) is 4.64. The van der Waals surface area contributed by atoms with Gasteiger partial charge in [0, 0.05) is 43.3 Å². The molecule has 0 amide bonds. The van der Waals surface area contributed by atoms with E-state index in [-0.39, 0.29) is 32.2 Å². The molecule has 0 aliphatic heterocycles. The molecule has 2 aromatic heterocycles. The summed E-state index contributed by atoms with van der Waals surface area (Å²) in [5.41, 5.74) is 15.9. The van der Waals surface area contributed by atoms with Crippen molar-refractivity contribution < 1.29 is 29.7 Å². The zero-order valence-electron chi connectivity index (χ0n) is 33.8. The molecular formula is C50H51Cl2O2SiZr. The molecule has 2 aliphatic rings. The van der Waals surface area contributed by atoms with Gasteiger partial charge in [-0.15, -0.1) is 0 Å². The Labute approximate surface area is 354 Å². The Balaban J connectivity index is 0.00000155. The average Bonchev–Trinajstić information content (AvgIpc) is 3.98. The molecule has 0 fully saturated rings. The summed E-state index contributed by atoms with van der Waals surface area (Å²) in [6.45, 7) is 17.9. The van der Waals surface area contributed by atoms with Gasteiger partial charge < -0.3 is 8.83 Å². The van der Waals surface area contributed by atoms with Gasteiger partial charge in [0.05, 0.1) is 0 Å². The van der Waals surface area contributed by atoms with Crippen molar-refractivity contribution >= 4 is 49.8 Å². The van der Waals surface area contributed by atoms with E-state index in [0.29, 0.717) is 0 Å². The van der Waals surface area contributed by atoms with Crippen molar-refractivity contribution in [2.75, 3.05) is 0 Å². The summed E-state index contributed by atoms with van der Waals surface area (Å²) >= 11 is -0.826. The second-order valence-corrected chi connectivity index (χ2v) is 22.5. The van der Waals surface area contributed by atoms with E-state index in [4.69, 9.17) is 25.9 Å². The number of hydrogen-bond acceptors (Lipinski definition) is 2. The van der Waals surface area contributed by atoms with Crippen LogP contribution in [0.25, 0.3) is 45.6 Å². The van der Waals surface area contributed by atoms with Crippen LogP contribution in [0.1, 0.15) is 110 Å². The summed E-state index contributed by atoms with van der Waals surface area (Å²) in [4.78, 5) is 0. The van der Waals surface area contributed by atoms with Crippen molar-refractivity contribution in [3.8, 4) is 22.3 Å². The Bertz CT molecular complexity index is 2220. The molecule has 2 aliphatic carbocycles. The van der Waals surface area contributed by atoms with Crippen LogP contribution < -0.4 is 0 Å². The molecule has 56 heavy (non-hydrogen) atoms. The van der Waals surface area contributed by atoms with E-state index >= 15 is 0 Å². The Morgan fingerprint density at radius 3 is 1.25 bits per heavy atom. The average molecular weight is 874 g/mol. The first-order valence-electron chi connectivity index (χ1n) is 19.6. The number of allylic oxidation sites excluding steroid dienone is 2. The molecule has 0 spiro atoms. The number of hydrogen-bond donors (Lipinski definition) is 0. The first-order chi connectivity index (χ1) is 26.8. The van der Waals surface area contributed by atoms with Gasteiger partial charge >= 0.3 is 37.9 Å². The van der Waals surface area contributed by atoms with Gasteiger partial charge in [-0.05, 0) is 106 Å². The Hall–Kier alpha value is -3.40. The van der Waals surface area contributed by atoms with Crippen LogP contribution in [-0.2, 0) is 31.7 Å². The second kappa shape index (κ2) is 16.8. The third-order valence-electron chi connectivity index (χ3n) is 11.3. The number of aryl methyl sites for hydroxylation is 2. The minimum atomic E-state index is -0.826. The topological polar surface area (TPSA) is 26.3 Å². The van der Waals surface area contributed by atoms with E-state index in [1.807, 2.05) is 0 Å². The Morgan fingerprint density at radius 2 is 0.911 bits per heavy atom. The minimum absolute atomic E-state index is 0.0505. The van der Waals surface area contributed by atoms with E-state index in [1.165, 1.54) is 66.8 Å². The third kappa shape index (κ3) is 8.28. The summed E-state index contributed by atoms with van der Waals surface area (Å²) in [6.07, 6.45) is 4.89. The van der Waals surface area contributed by atoms with Crippen LogP contribution in [0.2, 0.25) is 12.1 Å². The number of fused-ring (bicyclic) bond motifs is 2. The van der Waals surface area contributed by atoms with Crippen LogP contribution in [0.3, 0.4) is 0 Å². The van der Waals surface area contributed by atoms with Gasteiger partial charge in [-0.1, -0.05) is 139 Å². The fourth-order valence-electron chi connectivity index (χ4n) is 8.45. The molecule has 2 atom stereocenters. The van der Waals surface area contributed by atoms with Gasteiger partial charge in [0.25, 0.3) is 0 Å². The van der Waals surface area contributed by atoms with Crippen LogP contribution >= 0.6 is 17.0 Å². The molecule has 4 aromatic carbocycles. The van der Waals surface area contributed by atoms with Crippen LogP contribution in [0.15, 0.2) is 118 Å². The second-order valence-electron chi connectivity index (χ2n) is 17.2. The van der Waals surface area contributed by atoms with Gasteiger partial charge in [0.15, 0.2) is 0 Å². The van der Waals surface area contributed by atoms with Crippen molar-refractivity contribution in [2.24, 2.45) is 0 Å². The Kier molecular flexibility index (Phi) is 12.3. The molecule has 2 unspecified atom stereocenters. The summed E-state index contributed by atoms with van der Waals surface area (Å²) in [7, 11) is 9.95. The normalized spacial score (nSPS) is 16.1. The zero-order valence-corrected chi connectivity index (χ0v) is 38.9. The monoisotopic (exact) mass is 871 g/mol. The van der Waals surface area contributed by atoms with Crippen LogP contribution in [0, 0.1) is 13.8 Å². The molecule has 8 rings (SSSR count). The van der Waals surface area contributed by atoms with E-state index < -0.39 is 20.8 Å². The zero-order chi connectivity index (χ0) is 39.8. The van der Waals surface area contributed by atoms with E-state index in [2.05, 4.69) is 177 Å². The maximum atomic E-state index is 6.69. The number of furan rings is 2. The van der Waals surface area contributed by atoms with E-state index in [1.54, 1.807) is 0 Å². The first kappa shape index (κ1) is 40.8. The molecule has 285 valence electrons. The van der Waals surface area contributed by atoms with E-state index in [0.717, 1.165) is 35.1 Å². The molecule has 6 heteroatoms. The molecule has 0 bridgehead atoms. The van der Waals surface area contributed by atoms with Crippen molar-refractivity contribution in [1.29, 1.82) is 0 Å². The van der Waals surface area contributed by atoms with Crippen LogP contribution in [0.5, 0.6) is 0 Å². The Morgan fingerprint density at radius 1 is 0.536 bits per heavy atom. The maximum absolute atomic E-state index is 6.69. The summed E-state index contributed by atoms with van der Waals surface area (Å²) in [6, 6.07) is 42.2. The van der Waals surface area contributed by atoms with Gasteiger partial charge in [0.1, 0.15) is 23.0 Å². The molecule has 6 aromatic rings. The fraction of sp³-hybridized carbons (Fsp3) is 0.280. The molecule has 0 N–H and O–H groups in total. The number of rotatable bonds is 8. The summed E-state index contributed by atoms with van der Waals surface area (Å²) < 4.78 is 13.4. The van der Waals surface area contributed by atoms with Gasteiger partial charge in [-0.2, -0.15) is 0 Å². The van der Waals surface area contributed by atoms with Gasteiger partial charge in [-0.3, -0.25) is 0 Å². The van der Waals surface area contributed by atoms with Gasteiger partial charge in [-0.25, -0.2) is 0 Å². The predicted octanol–water partition coefficient (Wildman–Crippen LogP) is 15.0. The molecule has 2 heterocycles. The van der Waals surface area contributed by atoms with Crippen molar-refractivity contribution in [3.05, 3.63) is 166 Å². The van der Waals surface area contributed by atoms with Crippen molar-refractivity contribution in [3.63, 3.8) is 0 Å². The van der Waals surface area contributed by atoms with E-state index in [9.17, 15) is 0 Å². The van der Waals surface area contributed by atoms with Gasteiger partial charge in [0.2, 0.25) is 0 Å². The van der Waals surface area contributed by atoms with Crippen LogP contribution in [0.4, 0.5) is 0 Å². The molecule has 2 nitrogen and oxygen atoms in total. The third-order valence-corrected chi connectivity index (χ3v) is 12.9. The van der Waals surface area contributed by atoms with Crippen molar-refractivity contribution in [2.45, 2.75) is 90.1 Å². The molecular weight excluding hydrogens is 823 g/mol. The predicted molar refractivity (Wildman–Crippen MR) is 238 cm³/mol. The molecule has 1 radical (unpaired) electrons. The van der Waals surface area contributed by atoms with Crippen LogP contribution in [-0.4, -0.2) is 9.52 Å². The van der Waals surface area contributed by atoms with Crippen molar-refractivity contribution in [1.82, 2.24) is 0 Å². The quantitative estimate of drug-likeness (QED) is 0.142. The summed E-state index contributed by atoms with van der Waals surface area (Å²) in [5, 5.41) is 0. The number of benzene rings is 4. The first-order valence-corrected chi connectivity index (χ1v) is 27.6. The SMILES string of the molecule is Cc1ccc2c(c1-c1ccccc1)C=C(c1ccc(C(C)(C)C)o1)C2C[SiH]CC1C(c2ccc(C(C)(C)C)o2)=Cc2c1ccc(C)c2-c1ccccc1.[Cl][Zr][Cl]. The molecule has 0 saturated carbocycles. The number of halogens is 2. The fourth-order valence-corrected chi connectivity index (χ4v) is 10.3. The standard InChI is InChI=1S/C50H51O2Si.2ClH.Zr/c1-31-19-21-35-39(47(31)33-15-11-9-12-16-33)27-37(43-23-25-45(51-43)49(3,4)5)41(35)29-53-30-42-36-22-20-32(2)48(34-17-13-10-14-18-34)40(36)28-38(42)44-24-26-46(52-44)50(6,7)8;;;/h9-28,41-42,53H,29-30H2,1-8H3;2*1H;/q;;;+2/p-2.